The Kier molecular flexibility index (Phi) is 7.42. The molecule has 7 heteroatoms. The van der Waals surface area contributed by atoms with Crippen molar-refractivity contribution in [2.75, 3.05) is 47.5 Å². The molecule has 0 aromatic heterocycles. The van der Waals surface area contributed by atoms with Crippen LogP contribution in [0.4, 0.5) is 17.1 Å². The number of thioether (sulfide) groups is 1. The van der Waals surface area contributed by atoms with Gasteiger partial charge in [-0.3, -0.25) is 9.59 Å². The SMILES string of the molecule is Cc1ccccc1CSC[C@@H]1Nc2ccc(C(=O)N3CCN(c4cccc(C)c4C)CC3)cc2NC1=O. The lowest BCUT2D eigenvalue weighted by Gasteiger charge is -2.37. The summed E-state index contributed by atoms with van der Waals surface area (Å²) < 4.78 is 0. The number of aryl methyl sites for hydroxylation is 2. The molecule has 0 saturated carbocycles. The highest BCUT2D eigenvalue weighted by molar-refractivity contribution is 7.98. The Morgan fingerprint density at radius 1 is 0.919 bits per heavy atom. The summed E-state index contributed by atoms with van der Waals surface area (Å²) in [6, 6.07) is 20.0. The molecule has 3 aromatic carbocycles. The molecule has 5 rings (SSSR count). The quantitative estimate of drug-likeness (QED) is 0.471. The minimum atomic E-state index is -0.304. The standard InChI is InChI=1S/C30H34N4O2S/c1-20-8-6-10-28(22(20)3)33-13-15-34(16-14-33)30(36)23-11-12-25-26(17-23)32-29(35)27(31-25)19-37-18-24-9-5-4-7-21(24)2/h4-12,17,27,31H,13-16,18-19H2,1-3H3,(H,32,35)/t27-/m0/s1. The van der Waals surface area contributed by atoms with Gasteiger partial charge in [-0.15, -0.1) is 0 Å². The Morgan fingerprint density at radius 3 is 2.46 bits per heavy atom. The minimum Gasteiger partial charge on any atom is -0.371 e. The first kappa shape index (κ1) is 25.2. The zero-order chi connectivity index (χ0) is 25.9. The second-order valence-electron chi connectivity index (χ2n) is 9.89. The van der Waals surface area contributed by atoms with E-state index in [2.05, 4.69) is 72.7 Å². The number of nitrogens with zero attached hydrogens (tertiary/aromatic N) is 2. The van der Waals surface area contributed by atoms with Gasteiger partial charge in [0, 0.05) is 48.9 Å². The van der Waals surface area contributed by atoms with Gasteiger partial charge in [-0.25, -0.2) is 0 Å². The first-order chi connectivity index (χ1) is 17.9. The molecule has 0 aliphatic carbocycles. The molecule has 0 radical (unpaired) electrons. The number of amides is 2. The molecule has 2 aliphatic heterocycles. The van der Waals surface area contributed by atoms with Crippen LogP contribution in [0.5, 0.6) is 0 Å². The summed E-state index contributed by atoms with van der Waals surface area (Å²) in [5, 5.41) is 6.38. The number of carbonyl (C=O) groups excluding carboxylic acids is 2. The first-order valence-electron chi connectivity index (χ1n) is 12.8. The highest BCUT2D eigenvalue weighted by Crippen LogP contribution is 2.30. The van der Waals surface area contributed by atoms with Crippen LogP contribution in [0.3, 0.4) is 0 Å². The summed E-state index contributed by atoms with van der Waals surface area (Å²) in [4.78, 5) is 30.3. The number of hydrogen-bond acceptors (Lipinski definition) is 5. The summed E-state index contributed by atoms with van der Waals surface area (Å²) in [5.41, 5.74) is 8.53. The molecular weight excluding hydrogens is 480 g/mol. The summed E-state index contributed by atoms with van der Waals surface area (Å²) in [6.45, 7) is 9.37. The second-order valence-corrected chi connectivity index (χ2v) is 10.9. The number of piperazine rings is 1. The number of carbonyl (C=O) groups is 2. The predicted molar refractivity (Wildman–Crippen MR) is 154 cm³/mol. The lowest BCUT2D eigenvalue weighted by Crippen LogP contribution is -2.49. The Balaban J connectivity index is 1.18. The average Bonchev–Trinajstić information content (AvgIpc) is 2.91. The van der Waals surface area contributed by atoms with Crippen molar-refractivity contribution in [1.29, 1.82) is 0 Å². The van der Waals surface area contributed by atoms with Crippen LogP contribution < -0.4 is 15.5 Å². The van der Waals surface area contributed by atoms with E-state index in [0.29, 0.717) is 30.1 Å². The summed E-state index contributed by atoms with van der Waals surface area (Å²) >= 11 is 1.74. The Labute approximate surface area is 223 Å². The van der Waals surface area contributed by atoms with Crippen molar-refractivity contribution in [3.63, 3.8) is 0 Å². The molecular formula is C30H34N4O2S. The number of fused-ring (bicyclic) bond motifs is 1. The van der Waals surface area contributed by atoms with E-state index >= 15 is 0 Å². The van der Waals surface area contributed by atoms with Crippen molar-refractivity contribution in [2.24, 2.45) is 0 Å². The summed E-state index contributed by atoms with van der Waals surface area (Å²) in [7, 11) is 0. The molecule has 2 aliphatic rings. The van der Waals surface area contributed by atoms with Crippen molar-refractivity contribution in [1.82, 2.24) is 4.90 Å². The lowest BCUT2D eigenvalue weighted by atomic mass is 10.1. The largest absolute Gasteiger partial charge is 0.371 e. The Bertz CT molecular complexity index is 1320. The van der Waals surface area contributed by atoms with Crippen molar-refractivity contribution < 1.29 is 9.59 Å². The van der Waals surface area contributed by atoms with Crippen LogP contribution in [0.25, 0.3) is 0 Å². The second kappa shape index (κ2) is 10.9. The third kappa shape index (κ3) is 5.47. The summed E-state index contributed by atoms with van der Waals surface area (Å²) in [5.74, 6) is 1.49. The van der Waals surface area contributed by atoms with Gasteiger partial charge in [0.2, 0.25) is 5.91 Å². The van der Waals surface area contributed by atoms with E-state index in [1.54, 1.807) is 17.8 Å². The van der Waals surface area contributed by atoms with Gasteiger partial charge in [-0.05, 0) is 67.3 Å². The predicted octanol–water partition coefficient (Wildman–Crippen LogP) is 5.24. The van der Waals surface area contributed by atoms with Crippen molar-refractivity contribution >= 4 is 40.6 Å². The minimum absolute atomic E-state index is 0.00794. The number of rotatable bonds is 6. The van der Waals surface area contributed by atoms with Crippen LogP contribution in [0.15, 0.2) is 60.7 Å². The van der Waals surface area contributed by atoms with Gasteiger partial charge in [-0.1, -0.05) is 36.4 Å². The smallest absolute Gasteiger partial charge is 0.254 e. The van der Waals surface area contributed by atoms with Gasteiger partial charge in [0.05, 0.1) is 11.4 Å². The third-order valence-electron chi connectivity index (χ3n) is 7.46. The molecule has 0 spiro atoms. The number of hydrogen-bond donors (Lipinski definition) is 2. The molecule has 2 heterocycles. The molecule has 37 heavy (non-hydrogen) atoms. The van der Waals surface area contributed by atoms with E-state index in [1.165, 1.54) is 27.9 Å². The average molecular weight is 515 g/mol. The number of anilines is 3. The zero-order valence-corrected chi connectivity index (χ0v) is 22.5. The van der Waals surface area contributed by atoms with E-state index in [-0.39, 0.29) is 17.9 Å². The zero-order valence-electron chi connectivity index (χ0n) is 21.7. The van der Waals surface area contributed by atoms with Gasteiger partial charge in [0.15, 0.2) is 0 Å². The van der Waals surface area contributed by atoms with Crippen LogP contribution in [0.2, 0.25) is 0 Å². The highest BCUT2D eigenvalue weighted by atomic mass is 32.2. The Morgan fingerprint density at radius 2 is 1.68 bits per heavy atom. The van der Waals surface area contributed by atoms with Gasteiger partial charge in [-0.2, -0.15) is 11.8 Å². The molecule has 1 fully saturated rings. The molecule has 6 nitrogen and oxygen atoms in total. The molecule has 192 valence electrons. The maximum atomic E-state index is 13.3. The normalized spacial score (nSPS) is 17.2. The van der Waals surface area contributed by atoms with Crippen LogP contribution in [-0.2, 0) is 10.5 Å². The topological polar surface area (TPSA) is 64.7 Å². The van der Waals surface area contributed by atoms with E-state index in [9.17, 15) is 9.59 Å². The van der Waals surface area contributed by atoms with Gasteiger partial charge < -0.3 is 20.4 Å². The van der Waals surface area contributed by atoms with Gasteiger partial charge in [0.1, 0.15) is 6.04 Å². The van der Waals surface area contributed by atoms with Crippen LogP contribution >= 0.6 is 11.8 Å². The van der Waals surface area contributed by atoms with Crippen LogP contribution in [0, 0.1) is 20.8 Å². The molecule has 2 amide bonds. The molecule has 3 aromatic rings. The maximum Gasteiger partial charge on any atom is 0.254 e. The molecule has 1 saturated heterocycles. The first-order valence-corrected chi connectivity index (χ1v) is 14.0. The fraction of sp³-hybridized carbons (Fsp3) is 0.333. The molecule has 1 atom stereocenters. The molecule has 0 bridgehead atoms. The van der Waals surface area contributed by atoms with Crippen LogP contribution in [-0.4, -0.2) is 54.7 Å². The van der Waals surface area contributed by atoms with Gasteiger partial charge in [0.25, 0.3) is 5.91 Å². The van der Waals surface area contributed by atoms with Crippen molar-refractivity contribution in [2.45, 2.75) is 32.6 Å². The molecule has 2 N–H and O–H groups in total. The number of benzene rings is 3. The van der Waals surface area contributed by atoms with E-state index in [0.717, 1.165) is 24.5 Å². The summed E-state index contributed by atoms with van der Waals surface area (Å²) in [6.07, 6.45) is 0. The third-order valence-corrected chi connectivity index (χ3v) is 8.54. The fourth-order valence-electron chi connectivity index (χ4n) is 4.97. The van der Waals surface area contributed by atoms with Crippen molar-refractivity contribution in [3.05, 3.63) is 88.5 Å². The maximum absolute atomic E-state index is 13.3. The van der Waals surface area contributed by atoms with E-state index < -0.39 is 0 Å². The van der Waals surface area contributed by atoms with Gasteiger partial charge >= 0.3 is 0 Å². The Hall–Kier alpha value is -3.45. The van der Waals surface area contributed by atoms with E-state index in [4.69, 9.17) is 0 Å². The van der Waals surface area contributed by atoms with Crippen LogP contribution in [0.1, 0.15) is 32.6 Å². The fourth-order valence-corrected chi connectivity index (χ4v) is 6.10. The molecule has 0 unspecified atom stereocenters. The van der Waals surface area contributed by atoms with Crippen molar-refractivity contribution in [3.8, 4) is 0 Å². The number of nitrogens with one attached hydrogen (secondary N) is 2. The monoisotopic (exact) mass is 514 g/mol. The highest BCUT2D eigenvalue weighted by Gasteiger charge is 2.28. The van der Waals surface area contributed by atoms with E-state index in [1.807, 2.05) is 23.1 Å². The lowest BCUT2D eigenvalue weighted by molar-refractivity contribution is -0.116.